The van der Waals surface area contributed by atoms with Gasteiger partial charge < -0.3 is 4.74 Å². The van der Waals surface area contributed by atoms with Gasteiger partial charge in [0.25, 0.3) is 0 Å². The van der Waals surface area contributed by atoms with E-state index in [0.717, 1.165) is 26.4 Å². The van der Waals surface area contributed by atoms with Crippen LogP contribution in [0.1, 0.15) is 35.8 Å². The lowest BCUT2D eigenvalue weighted by Gasteiger charge is -2.14. The lowest BCUT2D eigenvalue weighted by molar-refractivity contribution is 0.306. The van der Waals surface area contributed by atoms with Crippen LogP contribution in [-0.4, -0.2) is 0 Å². The minimum Gasteiger partial charge on any atom is -0.488 e. The number of benzene rings is 1. The van der Waals surface area contributed by atoms with Crippen molar-refractivity contribution in [2.24, 2.45) is 0 Å². The van der Waals surface area contributed by atoms with Crippen molar-refractivity contribution in [1.82, 2.24) is 0 Å². The van der Waals surface area contributed by atoms with E-state index in [1.807, 2.05) is 19.1 Å². The predicted molar refractivity (Wildman–Crippen MR) is 86.6 cm³/mol. The summed E-state index contributed by atoms with van der Waals surface area (Å²) in [7, 11) is 0. The van der Waals surface area contributed by atoms with Gasteiger partial charge in [0.05, 0.1) is 4.88 Å². The summed E-state index contributed by atoms with van der Waals surface area (Å²) in [5.74, 6) is 1.30. The summed E-state index contributed by atoms with van der Waals surface area (Å²) in [6.07, 6.45) is 0. The molecular weight excluding hydrogens is 344 g/mol. The molecule has 19 heavy (non-hydrogen) atoms. The van der Waals surface area contributed by atoms with Crippen molar-refractivity contribution in [2.75, 3.05) is 0 Å². The maximum Gasteiger partial charge on any atom is 0.124 e. The summed E-state index contributed by atoms with van der Waals surface area (Å²) in [6.45, 7) is 6.87. The Hall–Kier alpha value is -0.510. The van der Waals surface area contributed by atoms with E-state index in [1.54, 1.807) is 11.3 Å². The summed E-state index contributed by atoms with van der Waals surface area (Å²) in [5.41, 5.74) is 2.20. The molecule has 0 N–H and O–H groups in total. The van der Waals surface area contributed by atoms with Crippen LogP contribution in [-0.2, 0) is 6.61 Å². The van der Waals surface area contributed by atoms with E-state index in [1.165, 1.54) is 4.88 Å². The molecule has 1 heterocycles. The molecule has 2 rings (SSSR count). The first-order chi connectivity index (χ1) is 8.99. The molecule has 0 amide bonds. The smallest absolute Gasteiger partial charge is 0.124 e. The maximum atomic E-state index is 6.26. The summed E-state index contributed by atoms with van der Waals surface area (Å²) in [5, 5.41) is 2.87. The third-order valence-corrected chi connectivity index (χ3v) is 5.19. The molecule has 0 aliphatic heterocycles. The van der Waals surface area contributed by atoms with Gasteiger partial charge in [-0.05, 0) is 63.5 Å². The fourth-order valence-electron chi connectivity index (χ4n) is 1.84. The van der Waals surface area contributed by atoms with Crippen LogP contribution >= 0.6 is 38.9 Å². The van der Waals surface area contributed by atoms with Crippen LogP contribution in [0.3, 0.4) is 0 Å². The highest BCUT2D eigenvalue weighted by atomic mass is 79.9. The van der Waals surface area contributed by atoms with E-state index in [4.69, 9.17) is 16.3 Å². The second kappa shape index (κ2) is 6.29. The Kier molecular flexibility index (Phi) is 4.93. The fraction of sp³-hybridized carbons (Fsp3) is 0.333. The van der Waals surface area contributed by atoms with Crippen molar-refractivity contribution < 1.29 is 4.74 Å². The van der Waals surface area contributed by atoms with Gasteiger partial charge in [0, 0.05) is 9.50 Å². The standard InChI is InChI=1S/C15H16BrClOS/c1-9(2)11-7-14(10(3)6-13(11)17)18-8-15-12(16)4-5-19-15/h4-7,9H,8H2,1-3H3. The summed E-state index contributed by atoms with van der Waals surface area (Å²) in [4.78, 5) is 1.19. The molecule has 0 spiro atoms. The van der Waals surface area contributed by atoms with Crippen molar-refractivity contribution in [2.45, 2.75) is 33.3 Å². The molecular formula is C15H16BrClOS. The highest BCUT2D eigenvalue weighted by molar-refractivity contribution is 9.10. The van der Waals surface area contributed by atoms with Crippen LogP contribution in [0.2, 0.25) is 5.02 Å². The van der Waals surface area contributed by atoms with Crippen molar-refractivity contribution in [3.8, 4) is 5.75 Å². The Balaban J connectivity index is 2.20. The molecule has 2 aromatic rings. The summed E-state index contributed by atoms with van der Waals surface area (Å²) >= 11 is 11.5. The van der Waals surface area contributed by atoms with Gasteiger partial charge in [-0.15, -0.1) is 11.3 Å². The molecule has 0 aliphatic rings. The molecule has 1 nitrogen and oxygen atoms in total. The number of hydrogen-bond donors (Lipinski definition) is 0. The van der Waals surface area contributed by atoms with E-state index in [9.17, 15) is 0 Å². The van der Waals surface area contributed by atoms with Crippen molar-refractivity contribution in [3.05, 3.63) is 49.1 Å². The molecule has 0 aliphatic carbocycles. The minimum atomic E-state index is 0.393. The lowest BCUT2D eigenvalue weighted by Crippen LogP contribution is -1.98. The van der Waals surface area contributed by atoms with Gasteiger partial charge in [0.15, 0.2) is 0 Å². The lowest BCUT2D eigenvalue weighted by atomic mass is 10.0. The van der Waals surface area contributed by atoms with E-state index >= 15 is 0 Å². The van der Waals surface area contributed by atoms with Crippen LogP contribution in [0.4, 0.5) is 0 Å². The summed E-state index contributed by atoms with van der Waals surface area (Å²) in [6, 6.07) is 6.08. The highest BCUT2D eigenvalue weighted by Crippen LogP contribution is 2.32. The van der Waals surface area contributed by atoms with Gasteiger partial charge in [0.1, 0.15) is 12.4 Å². The fourth-order valence-corrected chi connectivity index (χ4v) is 3.65. The van der Waals surface area contributed by atoms with E-state index in [-0.39, 0.29) is 0 Å². The van der Waals surface area contributed by atoms with Gasteiger partial charge in [-0.3, -0.25) is 0 Å². The number of halogens is 2. The molecule has 0 saturated heterocycles. The zero-order valence-corrected chi connectivity index (χ0v) is 14.3. The Bertz CT molecular complexity index is 578. The van der Waals surface area contributed by atoms with Gasteiger partial charge in [0.2, 0.25) is 0 Å². The zero-order chi connectivity index (χ0) is 14.0. The van der Waals surface area contributed by atoms with Gasteiger partial charge in [-0.25, -0.2) is 0 Å². The van der Waals surface area contributed by atoms with Crippen LogP contribution in [0.5, 0.6) is 5.75 Å². The number of aryl methyl sites for hydroxylation is 1. The molecule has 0 atom stereocenters. The average molecular weight is 360 g/mol. The third-order valence-electron chi connectivity index (χ3n) is 2.97. The molecule has 0 radical (unpaired) electrons. The molecule has 4 heteroatoms. The monoisotopic (exact) mass is 358 g/mol. The first-order valence-corrected chi connectivity index (χ1v) is 8.18. The molecule has 0 unspecified atom stereocenters. The first-order valence-electron chi connectivity index (χ1n) is 6.13. The third kappa shape index (κ3) is 3.53. The number of ether oxygens (including phenoxy) is 1. The zero-order valence-electron chi connectivity index (χ0n) is 11.2. The Morgan fingerprint density at radius 3 is 2.68 bits per heavy atom. The Labute approximate surface area is 131 Å². The molecule has 0 bridgehead atoms. The minimum absolute atomic E-state index is 0.393. The van der Waals surface area contributed by atoms with Crippen LogP contribution in [0, 0.1) is 6.92 Å². The molecule has 1 aromatic carbocycles. The predicted octanol–water partition coefficient (Wildman–Crippen LogP) is 6.17. The molecule has 0 saturated carbocycles. The number of rotatable bonds is 4. The van der Waals surface area contributed by atoms with Gasteiger partial charge in [-0.1, -0.05) is 25.4 Å². The molecule has 102 valence electrons. The second-order valence-corrected chi connectivity index (χ2v) is 7.04. The van der Waals surface area contributed by atoms with Crippen molar-refractivity contribution in [3.63, 3.8) is 0 Å². The Morgan fingerprint density at radius 1 is 1.37 bits per heavy atom. The Morgan fingerprint density at radius 2 is 2.11 bits per heavy atom. The summed E-state index contributed by atoms with van der Waals surface area (Å²) < 4.78 is 7.03. The first kappa shape index (κ1) is 14.9. The van der Waals surface area contributed by atoms with Crippen LogP contribution < -0.4 is 4.74 Å². The van der Waals surface area contributed by atoms with E-state index in [0.29, 0.717) is 12.5 Å². The largest absolute Gasteiger partial charge is 0.488 e. The van der Waals surface area contributed by atoms with Gasteiger partial charge in [-0.2, -0.15) is 0 Å². The normalized spacial score (nSPS) is 11.1. The van der Waals surface area contributed by atoms with E-state index < -0.39 is 0 Å². The molecule has 1 aromatic heterocycles. The number of thiophene rings is 1. The SMILES string of the molecule is Cc1cc(Cl)c(C(C)C)cc1OCc1sccc1Br. The highest BCUT2D eigenvalue weighted by Gasteiger charge is 2.11. The topological polar surface area (TPSA) is 9.23 Å². The van der Waals surface area contributed by atoms with Gasteiger partial charge >= 0.3 is 0 Å². The quantitative estimate of drug-likeness (QED) is 0.634. The van der Waals surface area contributed by atoms with Crippen molar-refractivity contribution in [1.29, 1.82) is 0 Å². The van der Waals surface area contributed by atoms with E-state index in [2.05, 4.69) is 41.2 Å². The van der Waals surface area contributed by atoms with Crippen LogP contribution in [0.15, 0.2) is 28.1 Å². The van der Waals surface area contributed by atoms with Crippen molar-refractivity contribution >= 4 is 38.9 Å². The molecule has 0 fully saturated rings. The average Bonchev–Trinajstić information content (AvgIpc) is 2.73. The maximum absolute atomic E-state index is 6.26. The second-order valence-electron chi connectivity index (χ2n) is 4.77. The van der Waals surface area contributed by atoms with Crippen LogP contribution in [0.25, 0.3) is 0 Å². The number of hydrogen-bond acceptors (Lipinski definition) is 2.